The maximum atomic E-state index is 13.5. The monoisotopic (exact) mass is 460 g/mol. The van der Waals surface area contributed by atoms with E-state index >= 15 is 0 Å². The van der Waals surface area contributed by atoms with E-state index in [1.807, 2.05) is 6.07 Å². The Balaban J connectivity index is 1.48. The number of amides is 1. The second-order valence-electron chi connectivity index (χ2n) is 6.43. The molecule has 152 valence electrons. The topological polar surface area (TPSA) is 76.1 Å². The summed E-state index contributed by atoms with van der Waals surface area (Å²) in [5, 5.41) is 3.71. The third-order valence-corrected chi connectivity index (χ3v) is 7.75. The van der Waals surface area contributed by atoms with Crippen LogP contribution in [0.15, 0.2) is 76.8 Å². The molecule has 2 heterocycles. The van der Waals surface area contributed by atoms with Gasteiger partial charge in [-0.15, -0.1) is 11.3 Å². The Morgan fingerprint density at radius 2 is 1.87 bits per heavy atom. The molecule has 9 heteroatoms. The van der Waals surface area contributed by atoms with Crippen molar-refractivity contribution in [2.75, 3.05) is 0 Å². The van der Waals surface area contributed by atoms with E-state index in [9.17, 15) is 17.6 Å². The van der Waals surface area contributed by atoms with Crippen LogP contribution in [0.5, 0.6) is 0 Å². The summed E-state index contributed by atoms with van der Waals surface area (Å²) in [5.41, 5.74) is 0.718. The molecule has 0 unspecified atom stereocenters. The zero-order chi connectivity index (χ0) is 21.3. The summed E-state index contributed by atoms with van der Waals surface area (Å²) >= 11 is 7.29. The minimum absolute atomic E-state index is 0.0120. The zero-order valence-corrected chi connectivity index (χ0v) is 17.7. The number of carbonyl (C=O) groups excluding carboxylic acids is 1. The predicted octanol–water partition coefficient (Wildman–Crippen LogP) is 4.85. The van der Waals surface area contributed by atoms with Gasteiger partial charge in [0.05, 0.1) is 24.4 Å². The van der Waals surface area contributed by atoms with Crippen molar-refractivity contribution in [3.63, 3.8) is 0 Å². The van der Waals surface area contributed by atoms with Gasteiger partial charge in [0.15, 0.2) is 0 Å². The highest BCUT2D eigenvalue weighted by atomic mass is 35.5. The molecule has 0 atom stereocenters. The van der Waals surface area contributed by atoms with Gasteiger partial charge in [0.2, 0.25) is 9.84 Å². The van der Waals surface area contributed by atoms with Crippen molar-refractivity contribution in [2.45, 2.75) is 16.3 Å². The number of nitrogens with one attached hydrogen (secondary N) is 1. The summed E-state index contributed by atoms with van der Waals surface area (Å²) in [6.07, 6.45) is 3.38. The fourth-order valence-electron chi connectivity index (χ4n) is 2.86. The Kier molecular flexibility index (Phi) is 5.55. The van der Waals surface area contributed by atoms with Crippen LogP contribution in [0.4, 0.5) is 4.39 Å². The van der Waals surface area contributed by atoms with Gasteiger partial charge in [-0.1, -0.05) is 23.7 Å². The van der Waals surface area contributed by atoms with Gasteiger partial charge in [-0.2, -0.15) is 0 Å². The number of carbonyl (C=O) groups is 1. The summed E-state index contributed by atoms with van der Waals surface area (Å²) in [5.74, 6) is -0.909. The van der Waals surface area contributed by atoms with Crippen molar-refractivity contribution < 1.29 is 17.6 Å². The molecular weight excluding hydrogens is 447 g/mol. The molecule has 0 fully saturated rings. The lowest BCUT2D eigenvalue weighted by Gasteiger charge is -2.08. The highest BCUT2D eigenvalue weighted by Gasteiger charge is 2.21. The van der Waals surface area contributed by atoms with Crippen molar-refractivity contribution in [3.05, 3.63) is 88.3 Å². The molecule has 0 aliphatic heterocycles. The highest BCUT2D eigenvalue weighted by Crippen LogP contribution is 2.28. The molecular formula is C21H14ClFN2O3S2. The summed E-state index contributed by atoms with van der Waals surface area (Å²) in [6, 6.07) is 12.8. The minimum Gasteiger partial charge on any atom is -0.347 e. The van der Waals surface area contributed by atoms with Crippen LogP contribution in [0.1, 0.15) is 15.2 Å². The van der Waals surface area contributed by atoms with E-state index in [-0.39, 0.29) is 27.3 Å². The van der Waals surface area contributed by atoms with E-state index in [0.29, 0.717) is 4.88 Å². The average Bonchev–Trinajstić information content (AvgIpc) is 3.18. The van der Waals surface area contributed by atoms with Crippen LogP contribution in [-0.2, 0) is 16.4 Å². The highest BCUT2D eigenvalue weighted by molar-refractivity contribution is 7.91. The number of fused-ring (bicyclic) bond motifs is 1. The van der Waals surface area contributed by atoms with Gasteiger partial charge < -0.3 is 5.32 Å². The van der Waals surface area contributed by atoms with E-state index in [1.165, 1.54) is 29.5 Å². The largest absolute Gasteiger partial charge is 0.347 e. The van der Waals surface area contributed by atoms with E-state index in [1.54, 1.807) is 30.6 Å². The Morgan fingerprint density at radius 3 is 2.60 bits per heavy atom. The van der Waals surface area contributed by atoms with Gasteiger partial charge in [-0.25, -0.2) is 12.8 Å². The van der Waals surface area contributed by atoms with Crippen molar-refractivity contribution >= 4 is 48.8 Å². The first kappa shape index (κ1) is 20.5. The number of aromatic nitrogens is 1. The van der Waals surface area contributed by atoms with Gasteiger partial charge in [-0.3, -0.25) is 9.78 Å². The number of sulfone groups is 1. The number of benzene rings is 2. The Labute approximate surface area is 181 Å². The second-order valence-corrected chi connectivity index (χ2v) is 9.84. The Morgan fingerprint density at radius 1 is 1.10 bits per heavy atom. The molecule has 30 heavy (non-hydrogen) atoms. The smallest absolute Gasteiger partial charge is 0.261 e. The first-order valence-corrected chi connectivity index (χ1v) is 11.4. The normalized spacial score (nSPS) is 11.5. The predicted molar refractivity (Wildman–Crippen MR) is 114 cm³/mol. The van der Waals surface area contributed by atoms with E-state index in [4.69, 9.17) is 11.6 Å². The summed E-state index contributed by atoms with van der Waals surface area (Å²) in [7, 11) is -3.96. The van der Waals surface area contributed by atoms with Crippen LogP contribution in [0.3, 0.4) is 0 Å². The first-order valence-electron chi connectivity index (χ1n) is 8.75. The van der Waals surface area contributed by atoms with Crippen molar-refractivity contribution in [3.8, 4) is 0 Å². The molecule has 1 N–H and O–H groups in total. The molecule has 5 nitrogen and oxygen atoms in total. The number of rotatable bonds is 5. The summed E-state index contributed by atoms with van der Waals surface area (Å²) in [4.78, 5) is 16.7. The van der Waals surface area contributed by atoms with Gasteiger partial charge in [0, 0.05) is 18.9 Å². The molecule has 0 aliphatic rings. The van der Waals surface area contributed by atoms with Crippen LogP contribution < -0.4 is 5.32 Å². The molecule has 0 bridgehead atoms. The molecule has 0 spiro atoms. The maximum Gasteiger partial charge on any atom is 0.261 e. The molecule has 4 aromatic rings. The lowest BCUT2D eigenvalue weighted by atomic mass is 10.2. The number of thiophene rings is 1. The van der Waals surface area contributed by atoms with Gasteiger partial charge in [0.25, 0.3) is 5.91 Å². The number of nitrogens with zero attached hydrogens (tertiary/aromatic N) is 1. The van der Waals surface area contributed by atoms with Gasteiger partial charge in [-0.05, 0) is 53.4 Å². The first-order chi connectivity index (χ1) is 14.3. The van der Waals surface area contributed by atoms with E-state index < -0.39 is 15.7 Å². The molecule has 4 rings (SSSR count). The van der Waals surface area contributed by atoms with Crippen LogP contribution in [0.2, 0.25) is 5.02 Å². The molecule has 0 aliphatic carbocycles. The maximum absolute atomic E-state index is 13.5. The Bertz CT molecular complexity index is 1320. The minimum atomic E-state index is -3.96. The molecule has 0 saturated heterocycles. The third-order valence-electron chi connectivity index (χ3n) is 4.42. The molecule has 2 aromatic heterocycles. The summed E-state index contributed by atoms with van der Waals surface area (Å²) < 4.78 is 39.9. The van der Waals surface area contributed by atoms with Crippen molar-refractivity contribution in [1.82, 2.24) is 10.3 Å². The number of pyridine rings is 1. The molecule has 0 radical (unpaired) electrons. The quantitative estimate of drug-likeness (QED) is 0.462. The van der Waals surface area contributed by atoms with Crippen LogP contribution >= 0.6 is 22.9 Å². The van der Waals surface area contributed by atoms with Crippen LogP contribution in [-0.4, -0.2) is 19.3 Å². The fourth-order valence-corrected chi connectivity index (χ4v) is 5.57. The molecule has 0 saturated carbocycles. The Hall–Kier alpha value is -2.81. The van der Waals surface area contributed by atoms with Gasteiger partial charge in [0.1, 0.15) is 5.82 Å². The average molecular weight is 461 g/mol. The van der Waals surface area contributed by atoms with Gasteiger partial charge >= 0.3 is 0 Å². The number of halogens is 2. The zero-order valence-electron chi connectivity index (χ0n) is 15.3. The number of hydrogen-bond acceptors (Lipinski definition) is 5. The third kappa shape index (κ3) is 4.07. The van der Waals surface area contributed by atoms with E-state index in [0.717, 1.165) is 27.8 Å². The molecule has 2 aromatic carbocycles. The SMILES string of the molecule is O=C(NCc1ccc(S(=O)(=O)c2cc(F)ccc2Cl)cc1)c1cc2ccncc2s1. The lowest BCUT2D eigenvalue weighted by Crippen LogP contribution is -2.21. The number of hydrogen-bond donors (Lipinski definition) is 1. The lowest BCUT2D eigenvalue weighted by molar-refractivity contribution is 0.0955. The molecule has 1 amide bonds. The van der Waals surface area contributed by atoms with Crippen LogP contribution in [0, 0.1) is 5.82 Å². The van der Waals surface area contributed by atoms with Crippen molar-refractivity contribution in [1.29, 1.82) is 0 Å². The summed E-state index contributed by atoms with van der Waals surface area (Å²) in [6.45, 7) is 0.229. The van der Waals surface area contributed by atoms with E-state index in [2.05, 4.69) is 10.3 Å². The standard InChI is InChI=1S/C21H14ClFN2O3S2/c22-17-6-3-15(23)10-20(17)30(27,28)16-4-1-13(2-5-16)11-25-21(26)18-9-14-7-8-24-12-19(14)29-18/h1-10,12H,11H2,(H,25,26). The van der Waals surface area contributed by atoms with Crippen molar-refractivity contribution in [2.24, 2.45) is 0 Å². The second kappa shape index (κ2) is 8.14. The van der Waals surface area contributed by atoms with Crippen LogP contribution in [0.25, 0.3) is 10.1 Å². The fraction of sp³-hybridized carbons (Fsp3) is 0.0476.